The van der Waals surface area contributed by atoms with E-state index in [2.05, 4.69) is 26.8 Å². The van der Waals surface area contributed by atoms with Crippen LogP contribution in [0.2, 0.25) is 0 Å². The van der Waals surface area contributed by atoms with Crippen molar-refractivity contribution in [3.05, 3.63) is 11.6 Å². The summed E-state index contributed by atoms with van der Waals surface area (Å²) < 4.78 is 0. The van der Waals surface area contributed by atoms with Crippen LogP contribution in [0.3, 0.4) is 0 Å². The van der Waals surface area contributed by atoms with Gasteiger partial charge >= 0.3 is 0 Å². The van der Waals surface area contributed by atoms with Crippen molar-refractivity contribution >= 4 is 0 Å². The van der Waals surface area contributed by atoms with E-state index in [1.54, 1.807) is 5.57 Å². The highest BCUT2D eigenvalue weighted by molar-refractivity contribution is 5.19. The van der Waals surface area contributed by atoms with E-state index in [4.69, 9.17) is 0 Å². The first-order valence-electron chi connectivity index (χ1n) is 5.81. The second-order valence-electron chi connectivity index (χ2n) is 5.28. The molecule has 0 amide bonds. The van der Waals surface area contributed by atoms with Crippen LogP contribution in [0.5, 0.6) is 0 Å². The van der Waals surface area contributed by atoms with Gasteiger partial charge < -0.3 is 0 Å². The molecule has 0 heteroatoms. The van der Waals surface area contributed by atoms with Gasteiger partial charge in [-0.2, -0.15) is 0 Å². The van der Waals surface area contributed by atoms with Crippen LogP contribution in [0.1, 0.15) is 52.9 Å². The van der Waals surface area contributed by atoms with Crippen molar-refractivity contribution in [2.24, 2.45) is 17.3 Å². The van der Waals surface area contributed by atoms with Gasteiger partial charge in [-0.1, -0.05) is 31.4 Å². The zero-order valence-electron chi connectivity index (χ0n) is 9.27. The summed E-state index contributed by atoms with van der Waals surface area (Å²) in [5.41, 5.74) is 2.34. The minimum absolute atomic E-state index is 0.701. The summed E-state index contributed by atoms with van der Waals surface area (Å²) >= 11 is 0. The van der Waals surface area contributed by atoms with Crippen LogP contribution in [-0.4, -0.2) is 0 Å². The summed E-state index contributed by atoms with van der Waals surface area (Å²) in [5, 5.41) is 0. The number of hydrogen-bond acceptors (Lipinski definition) is 0. The fraction of sp³-hybridized carbons (Fsp3) is 0.846. The Morgan fingerprint density at radius 3 is 2.46 bits per heavy atom. The van der Waals surface area contributed by atoms with Crippen molar-refractivity contribution < 1.29 is 0 Å². The average molecular weight is 178 g/mol. The van der Waals surface area contributed by atoms with E-state index in [1.165, 1.54) is 32.1 Å². The first kappa shape index (κ1) is 9.30. The highest BCUT2D eigenvalue weighted by Crippen LogP contribution is 2.64. The third-order valence-corrected chi connectivity index (χ3v) is 4.57. The van der Waals surface area contributed by atoms with E-state index < -0.39 is 0 Å². The van der Waals surface area contributed by atoms with Crippen LogP contribution in [0.4, 0.5) is 0 Å². The second kappa shape index (κ2) is 3.15. The molecular formula is C13H22. The van der Waals surface area contributed by atoms with Crippen LogP contribution in [0.15, 0.2) is 11.6 Å². The Bertz CT molecular complexity index is 220. The lowest BCUT2D eigenvalue weighted by Gasteiger charge is -2.19. The molecule has 74 valence electrons. The lowest BCUT2D eigenvalue weighted by atomic mass is 9.86. The van der Waals surface area contributed by atoms with Gasteiger partial charge in [-0.25, -0.2) is 0 Å². The molecule has 0 heterocycles. The number of rotatable bonds is 2. The van der Waals surface area contributed by atoms with Gasteiger partial charge in [0.25, 0.3) is 0 Å². The molecule has 2 fully saturated rings. The molecule has 0 aliphatic heterocycles. The molecule has 2 aliphatic carbocycles. The summed E-state index contributed by atoms with van der Waals surface area (Å²) in [6.07, 6.45) is 9.76. The zero-order valence-corrected chi connectivity index (χ0v) is 9.27. The Hall–Kier alpha value is -0.260. The molecule has 0 nitrogen and oxygen atoms in total. The number of allylic oxidation sites excluding steroid dienone is 2. The van der Waals surface area contributed by atoms with Gasteiger partial charge in [-0.15, -0.1) is 0 Å². The van der Waals surface area contributed by atoms with Crippen LogP contribution in [-0.2, 0) is 0 Å². The van der Waals surface area contributed by atoms with Crippen molar-refractivity contribution in [1.29, 1.82) is 0 Å². The van der Waals surface area contributed by atoms with Crippen molar-refractivity contribution in [3.8, 4) is 0 Å². The molecule has 2 unspecified atom stereocenters. The van der Waals surface area contributed by atoms with Crippen LogP contribution in [0.25, 0.3) is 0 Å². The zero-order chi connectivity index (χ0) is 9.47. The lowest BCUT2D eigenvalue weighted by Crippen LogP contribution is -2.11. The fourth-order valence-electron chi connectivity index (χ4n) is 3.30. The Morgan fingerprint density at radius 2 is 1.92 bits per heavy atom. The molecule has 2 rings (SSSR count). The largest absolute Gasteiger partial charge is 0.0884 e. The maximum absolute atomic E-state index is 2.51. The minimum atomic E-state index is 0.701. The molecular weight excluding hydrogens is 156 g/mol. The molecule has 0 aromatic carbocycles. The molecule has 0 bridgehead atoms. The van der Waals surface area contributed by atoms with Crippen LogP contribution >= 0.6 is 0 Å². The van der Waals surface area contributed by atoms with Crippen LogP contribution < -0.4 is 0 Å². The van der Waals surface area contributed by atoms with E-state index in [0.29, 0.717) is 5.41 Å². The molecule has 2 saturated carbocycles. The molecule has 0 spiro atoms. The second-order valence-corrected chi connectivity index (χ2v) is 5.28. The Kier molecular flexibility index (Phi) is 2.25. The van der Waals surface area contributed by atoms with Gasteiger partial charge in [0, 0.05) is 0 Å². The normalized spacial score (nSPS) is 41.2. The third kappa shape index (κ3) is 1.45. The van der Waals surface area contributed by atoms with Gasteiger partial charge in [-0.3, -0.25) is 0 Å². The van der Waals surface area contributed by atoms with E-state index in [1.807, 2.05) is 0 Å². The van der Waals surface area contributed by atoms with Gasteiger partial charge in [0.05, 0.1) is 0 Å². The highest BCUT2D eigenvalue weighted by Gasteiger charge is 2.55. The van der Waals surface area contributed by atoms with E-state index >= 15 is 0 Å². The summed E-state index contributed by atoms with van der Waals surface area (Å²) in [7, 11) is 0. The first-order chi connectivity index (χ1) is 6.18. The standard InChI is InChI=1S/C13H22/c1-4-10(2)12-9-13(12,3)11-7-5-6-8-11/h4,11-12H,5-9H2,1-3H3. The first-order valence-corrected chi connectivity index (χ1v) is 5.81. The summed E-state index contributed by atoms with van der Waals surface area (Å²) in [6.45, 7) is 7.01. The fourth-order valence-corrected chi connectivity index (χ4v) is 3.30. The Morgan fingerprint density at radius 1 is 1.31 bits per heavy atom. The monoisotopic (exact) mass is 178 g/mol. The summed E-state index contributed by atoms with van der Waals surface area (Å²) in [5.74, 6) is 1.98. The maximum atomic E-state index is 2.51. The predicted octanol–water partition coefficient (Wildman–Crippen LogP) is 4.17. The van der Waals surface area contributed by atoms with Crippen molar-refractivity contribution in [3.63, 3.8) is 0 Å². The minimum Gasteiger partial charge on any atom is -0.0884 e. The maximum Gasteiger partial charge on any atom is -0.0144 e. The van der Waals surface area contributed by atoms with E-state index in [0.717, 1.165) is 11.8 Å². The molecule has 0 saturated heterocycles. The molecule has 0 aromatic rings. The van der Waals surface area contributed by atoms with Crippen molar-refractivity contribution in [2.75, 3.05) is 0 Å². The Labute approximate surface area is 82.4 Å². The lowest BCUT2D eigenvalue weighted by molar-refractivity contribution is 0.323. The molecule has 2 aliphatic rings. The highest BCUT2D eigenvalue weighted by atomic mass is 14.6. The van der Waals surface area contributed by atoms with Gasteiger partial charge in [0.1, 0.15) is 0 Å². The van der Waals surface area contributed by atoms with Crippen molar-refractivity contribution in [2.45, 2.75) is 52.9 Å². The summed E-state index contributed by atoms with van der Waals surface area (Å²) in [6, 6.07) is 0. The predicted molar refractivity (Wildman–Crippen MR) is 57.6 cm³/mol. The quantitative estimate of drug-likeness (QED) is 0.557. The average Bonchev–Trinajstić information content (AvgIpc) is 2.64. The molecule has 13 heavy (non-hydrogen) atoms. The van der Waals surface area contributed by atoms with Gasteiger partial charge in [0.15, 0.2) is 0 Å². The van der Waals surface area contributed by atoms with Crippen molar-refractivity contribution in [1.82, 2.24) is 0 Å². The van der Waals surface area contributed by atoms with Crippen LogP contribution in [0, 0.1) is 17.3 Å². The Balaban J connectivity index is 2.01. The van der Waals surface area contributed by atoms with E-state index in [-0.39, 0.29) is 0 Å². The van der Waals surface area contributed by atoms with Gasteiger partial charge in [0.2, 0.25) is 0 Å². The van der Waals surface area contributed by atoms with E-state index in [9.17, 15) is 0 Å². The topological polar surface area (TPSA) is 0 Å². The van der Waals surface area contributed by atoms with Gasteiger partial charge in [-0.05, 0) is 50.4 Å². The summed E-state index contributed by atoms with van der Waals surface area (Å²) in [4.78, 5) is 0. The smallest absolute Gasteiger partial charge is 0.0144 e. The molecule has 0 aromatic heterocycles. The molecule has 0 N–H and O–H groups in total. The SMILES string of the molecule is CC=C(C)C1CC1(C)C1CCCC1. The third-order valence-electron chi connectivity index (χ3n) is 4.57. The molecule has 0 radical (unpaired) electrons. The molecule has 2 atom stereocenters. The number of hydrogen-bond donors (Lipinski definition) is 0.